The Kier molecular flexibility index (Phi) is 4.85. The molecule has 2 aromatic rings. The van der Waals surface area contributed by atoms with Crippen molar-refractivity contribution in [3.05, 3.63) is 27.1 Å². The van der Waals surface area contributed by atoms with Crippen LogP contribution in [-0.2, 0) is 11.2 Å². The number of nitrogens with one attached hydrogen (secondary N) is 2. The normalized spacial score (nSPS) is 10.5. The van der Waals surface area contributed by atoms with Gasteiger partial charge in [0.1, 0.15) is 5.01 Å². The molecule has 0 fully saturated rings. The van der Waals surface area contributed by atoms with Crippen molar-refractivity contribution in [2.24, 2.45) is 0 Å². The molecule has 0 saturated carbocycles. The molecule has 0 saturated heterocycles. The first-order valence-corrected chi connectivity index (χ1v) is 7.70. The zero-order valence-corrected chi connectivity index (χ0v) is 12.6. The van der Waals surface area contributed by atoms with Crippen LogP contribution in [0, 0.1) is 6.92 Å². The summed E-state index contributed by atoms with van der Waals surface area (Å²) in [6.45, 7) is 3.70. The van der Waals surface area contributed by atoms with Gasteiger partial charge in [-0.3, -0.25) is 14.9 Å². The fraction of sp³-hybridized carbons (Fsp3) is 0.364. The average molecular weight is 311 g/mol. The predicted molar refractivity (Wildman–Crippen MR) is 78.2 cm³/mol. The molecular formula is C11H13N5O2S2. The highest BCUT2D eigenvalue weighted by atomic mass is 32.2. The van der Waals surface area contributed by atoms with Crippen LogP contribution in [0.15, 0.2) is 16.0 Å². The molecule has 2 aromatic heterocycles. The van der Waals surface area contributed by atoms with E-state index >= 15 is 0 Å². The number of carbonyl (C=O) groups excluding carboxylic acids is 1. The molecule has 0 aromatic carbocycles. The molecule has 1 amide bonds. The fourth-order valence-corrected chi connectivity index (χ4v) is 2.77. The van der Waals surface area contributed by atoms with E-state index in [1.54, 1.807) is 6.92 Å². The van der Waals surface area contributed by atoms with Gasteiger partial charge in [-0.15, -0.1) is 10.2 Å². The highest BCUT2D eigenvalue weighted by molar-refractivity contribution is 7.99. The van der Waals surface area contributed by atoms with E-state index in [0.717, 1.165) is 11.4 Å². The minimum absolute atomic E-state index is 0.146. The van der Waals surface area contributed by atoms with Crippen LogP contribution in [0.25, 0.3) is 0 Å². The average Bonchev–Trinajstić information content (AvgIpc) is 2.83. The monoisotopic (exact) mass is 311 g/mol. The summed E-state index contributed by atoms with van der Waals surface area (Å²) in [5, 5.41) is 12.2. The molecule has 2 heterocycles. The maximum absolute atomic E-state index is 11.7. The largest absolute Gasteiger partial charge is 0.301 e. The molecule has 9 heteroatoms. The summed E-state index contributed by atoms with van der Waals surface area (Å²) < 4.78 is 0. The molecule has 0 aliphatic heterocycles. The third kappa shape index (κ3) is 4.14. The summed E-state index contributed by atoms with van der Waals surface area (Å²) in [5.74, 6) is -0.0640. The SMILES string of the molecule is CCc1nnc(NC(=O)CSc2nc(C)cc(=O)[nH]2)s1. The minimum atomic E-state index is -0.225. The second-order valence-electron chi connectivity index (χ2n) is 3.88. The number of nitrogens with zero attached hydrogens (tertiary/aromatic N) is 3. The van der Waals surface area contributed by atoms with E-state index in [2.05, 4.69) is 25.5 Å². The Balaban J connectivity index is 1.90. The lowest BCUT2D eigenvalue weighted by atomic mass is 10.5. The number of H-pyrrole nitrogens is 1. The second kappa shape index (κ2) is 6.62. The number of carbonyl (C=O) groups is 1. The Bertz CT molecular complexity index is 667. The van der Waals surface area contributed by atoms with Crippen molar-refractivity contribution in [1.82, 2.24) is 20.2 Å². The van der Waals surface area contributed by atoms with Crippen molar-refractivity contribution < 1.29 is 4.79 Å². The number of aromatic amines is 1. The van der Waals surface area contributed by atoms with Crippen LogP contribution in [0.4, 0.5) is 5.13 Å². The van der Waals surface area contributed by atoms with Crippen LogP contribution >= 0.6 is 23.1 Å². The number of rotatable bonds is 5. The first kappa shape index (κ1) is 14.7. The molecule has 0 bridgehead atoms. The van der Waals surface area contributed by atoms with Gasteiger partial charge in [0.15, 0.2) is 5.16 Å². The van der Waals surface area contributed by atoms with E-state index in [9.17, 15) is 9.59 Å². The molecule has 0 atom stereocenters. The van der Waals surface area contributed by atoms with Gasteiger partial charge in [0.25, 0.3) is 5.56 Å². The Labute approximate surface area is 123 Å². The van der Waals surface area contributed by atoms with E-state index in [-0.39, 0.29) is 17.2 Å². The number of hydrogen-bond donors (Lipinski definition) is 2. The van der Waals surface area contributed by atoms with Crippen LogP contribution < -0.4 is 10.9 Å². The topological polar surface area (TPSA) is 101 Å². The lowest BCUT2D eigenvalue weighted by Crippen LogP contribution is -2.15. The smallest absolute Gasteiger partial charge is 0.251 e. The van der Waals surface area contributed by atoms with Crippen LogP contribution in [-0.4, -0.2) is 31.8 Å². The standard InChI is InChI=1S/C11H13N5O2S2/c1-3-9-15-16-11(20-9)14-8(18)5-19-10-12-6(2)4-7(17)13-10/h4H,3,5H2,1-2H3,(H,12,13,17)(H,14,16,18). The predicted octanol–water partition coefficient (Wildman–Crippen LogP) is 1.22. The summed E-state index contributed by atoms with van der Waals surface area (Å²) in [4.78, 5) is 29.7. The molecule has 7 nitrogen and oxygen atoms in total. The van der Waals surface area contributed by atoms with Gasteiger partial charge in [-0.1, -0.05) is 30.0 Å². The van der Waals surface area contributed by atoms with Gasteiger partial charge in [-0.25, -0.2) is 4.98 Å². The molecular weight excluding hydrogens is 298 g/mol. The van der Waals surface area contributed by atoms with E-state index in [4.69, 9.17) is 0 Å². The Hall–Kier alpha value is -1.74. The highest BCUT2D eigenvalue weighted by Crippen LogP contribution is 2.16. The number of hydrogen-bond acceptors (Lipinski definition) is 7. The van der Waals surface area contributed by atoms with E-state index in [1.165, 1.54) is 29.2 Å². The molecule has 0 aliphatic rings. The Morgan fingerprint density at radius 2 is 2.30 bits per heavy atom. The lowest BCUT2D eigenvalue weighted by Gasteiger charge is -2.01. The number of thioether (sulfide) groups is 1. The third-order valence-electron chi connectivity index (χ3n) is 2.20. The maximum atomic E-state index is 11.7. The molecule has 106 valence electrons. The van der Waals surface area contributed by atoms with Crippen LogP contribution in [0.2, 0.25) is 0 Å². The summed E-state index contributed by atoms with van der Waals surface area (Å²) in [6.07, 6.45) is 0.788. The van der Waals surface area contributed by atoms with Gasteiger partial charge in [-0.05, 0) is 13.3 Å². The lowest BCUT2D eigenvalue weighted by molar-refractivity contribution is -0.113. The number of amides is 1. The van der Waals surface area contributed by atoms with Crippen LogP contribution in [0.3, 0.4) is 0 Å². The maximum Gasteiger partial charge on any atom is 0.251 e. The summed E-state index contributed by atoms with van der Waals surface area (Å²) in [5.41, 5.74) is 0.394. The molecule has 2 N–H and O–H groups in total. The molecule has 20 heavy (non-hydrogen) atoms. The van der Waals surface area contributed by atoms with Crippen molar-refractivity contribution >= 4 is 34.1 Å². The van der Waals surface area contributed by atoms with Crippen LogP contribution in [0.1, 0.15) is 17.6 Å². The zero-order chi connectivity index (χ0) is 14.5. The van der Waals surface area contributed by atoms with Crippen molar-refractivity contribution in [1.29, 1.82) is 0 Å². The number of aryl methyl sites for hydroxylation is 2. The Morgan fingerprint density at radius 3 is 2.95 bits per heavy atom. The van der Waals surface area contributed by atoms with Gasteiger partial charge in [-0.2, -0.15) is 0 Å². The molecule has 0 unspecified atom stereocenters. The van der Waals surface area contributed by atoms with Gasteiger partial charge in [0, 0.05) is 11.8 Å². The van der Waals surface area contributed by atoms with E-state index < -0.39 is 0 Å². The molecule has 0 radical (unpaired) electrons. The van der Waals surface area contributed by atoms with E-state index in [0.29, 0.717) is 16.0 Å². The molecule has 0 aliphatic carbocycles. The van der Waals surface area contributed by atoms with Gasteiger partial charge in [0.2, 0.25) is 11.0 Å². The van der Waals surface area contributed by atoms with E-state index in [1.807, 2.05) is 6.92 Å². The number of anilines is 1. The Morgan fingerprint density at radius 1 is 1.50 bits per heavy atom. The van der Waals surface area contributed by atoms with Gasteiger partial charge >= 0.3 is 0 Å². The van der Waals surface area contributed by atoms with Gasteiger partial charge < -0.3 is 4.98 Å². The molecule has 2 rings (SSSR count). The molecule has 0 spiro atoms. The summed E-state index contributed by atoms with van der Waals surface area (Å²) in [7, 11) is 0. The van der Waals surface area contributed by atoms with Gasteiger partial charge in [0.05, 0.1) is 5.75 Å². The van der Waals surface area contributed by atoms with Crippen molar-refractivity contribution in [2.45, 2.75) is 25.4 Å². The number of aromatic nitrogens is 4. The van der Waals surface area contributed by atoms with Crippen molar-refractivity contribution in [3.8, 4) is 0 Å². The van der Waals surface area contributed by atoms with Crippen molar-refractivity contribution in [3.63, 3.8) is 0 Å². The minimum Gasteiger partial charge on any atom is -0.301 e. The quantitative estimate of drug-likeness (QED) is 0.636. The fourth-order valence-electron chi connectivity index (χ4n) is 1.36. The van der Waals surface area contributed by atoms with Crippen LogP contribution in [0.5, 0.6) is 0 Å². The first-order chi connectivity index (χ1) is 9.56. The highest BCUT2D eigenvalue weighted by Gasteiger charge is 2.09. The first-order valence-electron chi connectivity index (χ1n) is 5.90. The summed E-state index contributed by atoms with van der Waals surface area (Å²) in [6, 6.07) is 1.40. The summed E-state index contributed by atoms with van der Waals surface area (Å²) >= 11 is 2.52. The van der Waals surface area contributed by atoms with Crippen molar-refractivity contribution in [2.75, 3.05) is 11.1 Å². The third-order valence-corrected chi connectivity index (χ3v) is 4.06. The second-order valence-corrected chi connectivity index (χ2v) is 5.91. The zero-order valence-electron chi connectivity index (χ0n) is 11.0.